The lowest BCUT2D eigenvalue weighted by Crippen LogP contribution is -2.21. The van der Waals surface area contributed by atoms with Gasteiger partial charge in [-0.2, -0.15) is 0 Å². The maximum Gasteiger partial charge on any atom is 0.228 e. The minimum Gasteiger partial charge on any atom is -0.438 e. The first kappa shape index (κ1) is 23.9. The molecule has 36 heavy (non-hydrogen) atoms. The number of hydrogen-bond donors (Lipinski definition) is 3. The van der Waals surface area contributed by atoms with Crippen molar-refractivity contribution in [3.05, 3.63) is 64.4 Å². The van der Waals surface area contributed by atoms with Gasteiger partial charge in [-0.3, -0.25) is 10.2 Å². The Kier molecular flexibility index (Phi) is 6.45. The molecule has 3 aliphatic rings. The molecular weight excluding hydrogens is 454 g/mol. The molecule has 2 fully saturated rings. The Labute approximate surface area is 210 Å². The molecule has 8 nitrogen and oxygen atoms in total. The zero-order chi connectivity index (χ0) is 25.3. The van der Waals surface area contributed by atoms with E-state index in [1.54, 1.807) is 6.20 Å². The van der Waals surface area contributed by atoms with Gasteiger partial charge in [-0.1, -0.05) is 12.1 Å². The summed E-state index contributed by atoms with van der Waals surface area (Å²) in [4.78, 5) is 21.4. The lowest BCUT2D eigenvalue weighted by Gasteiger charge is -2.24. The number of carbonyl (C=O) groups is 1. The molecule has 0 radical (unpaired) electrons. The number of benzene rings is 1. The van der Waals surface area contributed by atoms with E-state index in [9.17, 15) is 4.79 Å². The van der Waals surface area contributed by atoms with Crippen LogP contribution in [0.5, 0.6) is 5.88 Å². The largest absolute Gasteiger partial charge is 0.438 e. The topological polar surface area (TPSA) is 123 Å². The first-order valence-electron chi connectivity index (χ1n) is 12.3. The molecule has 2 atom stereocenters. The first-order chi connectivity index (χ1) is 17.4. The fourth-order valence-corrected chi connectivity index (χ4v) is 5.13. The van der Waals surface area contributed by atoms with Gasteiger partial charge >= 0.3 is 0 Å². The summed E-state index contributed by atoms with van der Waals surface area (Å²) in [5.41, 5.74) is 11.0. The van der Waals surface area contributed by atoms with E-state index in [1.807, 2.05) is 43.3 Å². The zero-order valence-corrected chi connectivity index (χ0v) is 20.6. The Hall–Kier alpha value is -3.78. The number of amides is 1. The molecule has 1 aromatic heterocycles. The normalized spacial score (nSPS) is 23.2. The van der Waals surface area contributed by atoms with Crippen LogP contribution in [0.4, 0.5) is 5.69 Å². The standard InChI is InChI=1S/C28H31N5O3/c1-17(15-32-27(29)30)13-19-5-4-11-31-26(19)36-24-18(2)8-9-20-21(24)6-3-7-23(20)33-25(34)22-14-28(22)10-12-35-16-28/h3-7,11,13,15,22H,8-10,12,14,16H2,1-2H3,(H3,29,30)(H,33,34)/b17-13-,32-15?. The van der Waals surface area contributed by atoms with Crippen molar-refractivity contribution in [3.8, 4) is 5.88 Å². The van der Waals surface area contributed by atoms with Crippen LogP contribution in [-0.4, -0.2) is 36.3 Å². The number of aliphatic imine (C=N–C) groups is 1. The molecule has 1 amide bonds. The number of nitrogens with zero attached hydrogens (tertiary/aromatic N) is 2. The van der Waals surface area contributed by atoms with Crippen LogP contribution in [0.1, 0.15) is 49.8 Å². The highest BCUT2D eigenvalue weighted by Crippen LogP contribution is 2.58. The fraction of sp³-hybridized carbons (Fsp3) is 0.357. The maximum absolute atomic E-state index is 13.0. The summed E-state index contributed by atoms with van der Waals surface area (Å²) < 4.78 is 12.0. The Bertz CT molecular complexity index is 1300. The number of allylic oxidation sites excluding steroid dienone is 2. The molecule has 1 aliphatic heterocycles. The number of anilines is 1. The predicted octanol–water partition coefficient (Wildman–Crippen LogP) is 4.57. The van der Waals surface area contributed by atoms with Crippen LogP contribution in [0.25, 0.3) is 11.8 Å². The van der Waals surface area contributed by atoms with Crippen molar-refractivity contribution in [1.82, 2.24) is 4.98 Å². The molecular formula is C28H31N5O3. The average Bonchev–Trinajstić information content (AvgIpc) is 3.37. The summed E-state index contributed by atoms with van der Waals surface area (Å²) in [5, 5.41) is 10.5. The number of ether oxygens (including phenoxy) is 2. The van der Waals surface area contributed by atoms with Crippen molar-refractivity contribution in [2.75, 3.05) is 18.5 Å². The van der Waals surface area contributed by atoms with E-state index < -0.39 is 0 Å². The Morgan fingerprint density at radius 2 is 2.19 bits per heavy atom. The number of carbonyl (C=O) groups excluding carboxylic acids is 1. The van der Waals surface area contributed by atoms with Crippen LogP contribution < -0.4 is 15.8 Å². The number of hydrogen-bond acceptors (Lipinski definition) is 5. The number of nitrogens with two attached hydrogens (primary N) is 1. The van der Waals surface area contributed by atoms with Gasteiger partial charge in [0.25, 0.3) is 0 Å². The summed E-state index contributed by atoms with van der Waals surface area (Å²) in [6.45, 7) is 5.39. The van der Waals surface area contributed by atoms with Gasteiger partial charge in [0.15, 0.2) is 0 Å². The average molecular weight is 486 g/mol. The summed E-state index contributed by atoms with van der Waals surface area (Å²) in [5.74, 6) is 1.11. The van der Waals surface area contributed by atoms with Crippen LogP contribution in [-0.2, 0) is 16.0 Å². The van der Waals surface area contributed by atoms with Crippen molar-refractivity contribution in [2.24, 2.45) is 22.1 Å². The number of rotatable bonds is 6. The van der Waals surface area contributed by atoms with Crippen LogP contribution in [0.15, 0.2) is 52.7 Å². The molecule has 1 saturated carbocycles. The van der Waals surface area contributed by atoms with Crippen LogP contribution >= 0.6 is 0 Å². The SMILES string of the molecule is CC1=C(Oc2ncccc2/C=C(/C)C=NC(=N)N)c2cccc(NC(=O)C3CC34CCOC4)c2CC1. The summed E-state index contributed by atoms with van der Waals surface area (Å²) >= 11 is 0. The fourth-order valence-electron chi connectivity index (χ4n) is 5.13. The lowest BCUT2D eigenvalue weighted by atomic mass is 9.89. The van der Waals surface area contributed by atoms with E-state index in [1.165, 1.54) is 6.21 Å². The van der Waals surface area contributed by atoms with E-state index in [0.29, 0.717) is 12.5 Å². The maximum atomic E-state index is 13.0. The van der Waals surface area contributed by atoms with Crippen molar-refractivity contribution >= 4 is 35.6 Å². The molecule has 0 bridgehead atoms. The Balaban J connectivity index is 1.39. The molecule has 1 aromatic carbocycles. The van der Waals surface area contributed by atoms with E-state index in [0.717, 1.165) is 71.6 Å². The summed E-state index contributed by atoms with van der Waals surface area (Å²) in [6, 6.07) is 9.73. The van der Waals surface area contributed by atoms with Gasteiger partial charge in [-0.15, -0.1) is 0 Å². The summed E-state index contributed by atoms with van der Waals surface area (Å²) in [6.07, 6.45) is 8.67. The van der Waals surface area contributed by atoms with E-state index in [2.05, 4.69) is 22.2 Å². The van der Waals surface area contributed by atoms with Gasteiger partial charge in [0.05, 0.1) is 6.61 Å². The predicted molar refractivity (Wildman–Crippen MR) is 141 cm³/mol. The molecule has 186 valence electrons. The molecule has 2 aromatic rings. The second-order valence-electron chi connectivity index (χ2n) is 9.88. The first-order valence-corrected chi connectivity index (χ1v) is 12.3. The van der Waals surface area contributed by atoms with Gasteiger partial charge in [0.2, 0.25) is 17.7 Å². The smallest absolute Gasteiger partial charge is 0.228 e. The third kappa shape index (κ3) is 4.81. The van der Waals surface area contributed by atoms with E-state index in [4.69, 9.17) is 20.6 Å². The van der Waals surface area contributed by atoms with Crippen molar-refractivity contribution in [2.45, 2.75) is 39.5 Å². The number of aromatic nitrogens is 1. The molecule has 4 N–H and O–H groups in total. The second-order valence-corrected chi connectivity index (χ2v) is 9.88. The number of nitrogens with one attached hydrogen (secondary N) is 2. The highest BCUT2D eigenvalue weighted by molar-refractivity contribution is 5.97. The molecule has 8 heteroatoms. The molecule has 2 unspecified atom stereocenters. The Morgan fingerprint density at radius 1 is 1.33 bits per heavy atom. The van der Waals surface area contributed by atoms with Crippen LogP contribution in [0.2, 0.25) is 0 Å². The third-order valence-corrected chi connectivity index (χ3v) is 7.25. The number of fused-ring (bicyclic) bond motifs is 1. The van der Waals surface area contributed by atoms with E-state index >= 15 is 0 Å². The zero-order valence-electron chi connectivity index (χ0n) is 20.6. The van der Waals surface area contributed by atoms with Crippen molar-refractivity contribution in [3.63, 3.8) is 0 Å². The van der Waals surface area contributed by atoms with Gasteiger partial charge in [-0.05, 0) is 80.5 Å². The van der Waals surface area contributed by atoms with Gasteiger partial charge in [0, 0.05) is 47.2 Å². The second kappa shape index (κ2) is 9.70. The number of guanidine groups is 1. The van der Waals surface area contributed by atoms with Crippen molar-refractivity contribution < 1.29 is 14.3 Å². The highest BCUT2D eigenvalue weighted by Gasteiger charge is 2.59. The monoisotopic (exact) mass is 485 g/mol. The van der Waals surface area contributed by atoms with Gasteiger partial charge in [0.1, 0.15) is 5.76 Å². The highest BCUT2D eigenvalue weighted by atomic mass is 16.5. The summed E-state index contributed by atoms with van der Waals surface area (Å²) in [7, 11) is 0. The minimum absolute atomic E-state index is 0.0325. The minimum atomic E-state index is -0.249. The molecule has 2 aliphatic carbocycles. The van der Waals surface area contributed by atoms with E-state index in [-0.39, 0.29) is 23.2 Å². The lowest BCUT2D eigenvalue weighted by molar-refractivity contribution is -0.118. The van der Waals surface area contributed by atoms with Gasteiger partial charge in [-0.25, -0.2) is 9.98 Å². The molecule has 1 saturated heterocycles. The molecule has 5 rings (SSSR count). The third-order valence-electron chi connectivity index (χ3n) is 7.25. The number of pyridine rings is 1. The van der Waals surface area contributed by atoms with Crippen LogP contribution in [0.3, 0.4) is 0 Å². The van der Waals surface area contributed by atoms with Crippen LogP contribution in [0, 0.1) is 16.7 Å². The quantitative estimate of drug-likeness (QED) is 0.409. The molecule has 1 spiro atoms. The Morgan fingerprint density at radius 3 is 2.97 bits per heavy atom. The molecule has 2 heterocycles. The van der Waals surface area contributed by atoms with Gasteiger partial charge < -0.3 is 20.5 Å². The van der Waals surface area contributed by atoms with Crippen molar-refractivity contribution in [1.29, 1.82) is 5.41 Å².